The molecule has 17 heteroatoms. The largest absolute Gasteiger partial charge is 0.462 e. The molecule has 1 saturated heterocycles. The number of esters is 1. The van der Waals surface area contributed by atoms with Gasteiger partial charge in [-0.3, -0.25) is 23.7 Å². The summed E-state index contributed by atoms with van der Waals surface area (Å²) in [6.07, 6.45) is -11.0. The minimum atomic E-state index is -4.82. The third kappa shape index (κ3) is 6.97. The second kappa shape index (κ2) is 12.8. The number of carbonyl (C=O) groups is 1. The molecule has 1 fully saturated rings. The highest BCUT2D eigenvalue weighted by Crippen LogP contribution is 2.50. The number of ether oxygens (including phenoxy) is 2. The number of fused-ring (bicyclic) bond motifs is 1. The Bertz CT molecular complexity index is 1660. The van der Waals surface area contributed by atoms with Gasteiger partial charge in [-0.1, -0.05) is 41.9 Å². The van der Waals surface area contributed by atoms with Crippen molar-refractivity contribution < 1.29 is 46.2 Å². The monoisotopic (exact) mass is 649 g/mol. The molecule has 2 aromatic carbocycles. The van der Waals surface area contributed by atoms with Crippen LogP contribution in [0.4, 0.5) is 13.2 Å². The maximum atomic E-state index is 15.5. The van der Waals surface area contributed by atoms with Crippen LogP contribution in [0.15, 0.2) is 58.3 Å². The number of nitrogens with zero attached hydrogens (tertiary/aromatic N) is 1. The number of aromatic amines is 1. The van der Waals surface area contributed by atoms with Crippen LogP contribution in [0.5, 0.6) is 5.75 Å². The number of benzene rings is 2. The first-order valence-corrected chi connectivity index (χ1v) is 14.8. The first-order chi connectivity index (χ1) is 20.2. The number of rotatable bonds is 11. The Morgan fingerprint density at radius 1 is 1.21 bits per heavy atom. The Labute approximate surface area is 247 Å². The maximum Gasteiger partial charge on any atom is 0.459 e. The third-order valence-corrected chi connectivity index (χ3v) is 8.32. The zero-order valence-corrected chi connectivity index (χ0v) is 24.6. The molecule has 0 bridgehead atoms. The average molecular weight is 650 g/mol. The van der Waals surface area contributed by atoms with Gasteiger partial charge in [-0.05, 0) is 43.7 Å². The number of carbonyl (C=O) groups excluding carboxylic acids is 1. The van der Waals surface area contributed by atoms with Gasteiger partial charge in [0.15, 0.2) is 18.0 Å². The van der Waals surface area contributed by atoms with Crippen molar-refractivity contribution in [1.29, 1.82) is 0 Å². The zero-order chi connectivity index (χ0) is 31.7. The molecule has 3 N–H and O–H groups in total. The molecular weight excluding hydrogens is 622 g/mol. The minimum Gasteiger partial charge on any atom is -0.462 e. The van der Waals surface area contributed by atoms with Crippen molar-refractivity contribution in [3.8, 4) is 5.75 Å². The van der Waals surface area contributed by atoms with Crippen LogP contribution < -0.4 is 20.9 Å². The molecule has 1 aromatic heterocycles. The van der Waals surface area contributed by atoms with Crippen LogP contribution in [0, 0.1) is 0 Å². The molecule has 4 rings (SSSR count). The smallest absolute Gasteiger partial charge is 0.459 e. The van der Waals surface area contributed by atoms with E-state index in [4.69, 9.17) is 30.1 Å². The van der Waals surface area contributed by atoms with Gasteiger partial charge in [0.25, 0.3) is 12.0 Å². The van der Waals surface area contributed by atoms with Crippen molar-refractivity contribution in [2.45, 2.75) is 63.4 Å². The van der Waals surface area contributed by atoms with Gasteiger partial charge in [0, 0.05) is 6.20 Å². The van der Waals surface area contributed by atoms with Crippen LogP contribution in [0.2, 0.25) is 5.02 Å². The van der Waals surface area contributed by atoms with Crippen LogP contribution in [0.1, 0.15) is 27.0 Å². The number of hydrogen-bond donors (Lipinski definition) is 3. The van der Waals surface area contributed by atoms with Gasteiger partial charge >= 0.3 is 19.4 Å². The van der Waals surface area contributed by atoms with Gasteiger partial charge in [0.1, 0.15) is 22.9 Å². The van der Waals surface area contributed by atoms with Gasteiger partial charge in [0.05, 0.1) is 12.7 Å². The highest BCUT2D eigenvalue weighted by atomic mass is 35.5. The highest BCUT2D eigenvalue weighted by Gasteiger charge is 2.63. The van der Waals surface area contributed by atoms with E-state index in [0.717, 1.165) is 5.39 Å². The van der Waals surface area contributed by atoms with Crippen LogP contribution in [-0.2, 0) is 23.4 Å². The summed E-state index contributed by atoms with van der Waals surface area (Å²) in [5.41, 5.74) is -5.54. The van der Waals surface area contributed by atoms with Crippen LogP contribution in [0.3, 0.4) is 0 Å². The second-order valence-corrected chi connectivity index (χ2v) is 12.1. The molecule has 0 spiro atoms. The van der Waals surface area contributed by atoms with Gasteiger partial charge in [-0.2, -0.15) is 5.09 Å². The molecule has 1 aliphatic rings. The molecule has 12 nitrogen and oxygen atoms in total. The summed E-state index contributed by atoms with van der Waals surface area (Å²) in [7, 11) is -4.82. The zero-order valence-electron chi connectivity index (χ0n) is 22.9. The molecule has 0 aliphatic carbocycles. The number of halogens is 4. The summed E-state index contributed by atoms with van der Waals surface area (Å²) in [6, 6.07) is 10.2. The predicted octanol–water partition coefficient (Wildman–Crippen LogP) is 3.71. The van der Waals surface area contributed by atoms with Crippen LogP contribution in [-0.4, -0.2) is 63.7 Å². The lowest BCUT2D eigenvalue weighted by atomic mass is 9.98. The summed E-state index contributed by atoms with van der Waals surface area (Å²) in [4.78, 5) is 38.1. The number of H-pyrrole nitrogens is 1. The van der Waals surface area contributed by atoms with E-state index in [0.29, 0.717) is 16.2 Å². The molecule has 0 radical (unpaired) electrons. The second-order valence-electron chi connectivity index (χ2n) is 10.0. The Kier molecular flexibility index (Phi) is 9.74. The minimum absolute atomic E-state index is 0.0541. The standard InChI is InChI=1S/C26H28ClF3N3O9P/c1-13(2)40-23(36)14(3)32-43(38,42-17-9-8-15-6-4-5-7-16(15)10-17)39-12-26(24(29)30)20(28)19(34)22(41-26)33-11-18(27)21(35)31-25(33)37/h4-11,13-14,19-20,22,24,34H,12H2,1-3H3,(H,32,38)(H,31,35,37). The predicted molar refractivity (Wildman–Crippen MR) is 148 cm³/mol. The summed E-state index contributed by atoms with van der Waals surface area (Å²) < 4.78 is 80.0. The number of alkyl halides is 3. The number of hydrogen-bond acceptors (Lipinski definition) is 9. The van der Waals surface area contributed by atoms with Gasteiger partial charge in [-0.15, -0.1) is 0 Å². The van der Waals surface area contributed by atoms with Crippen molar-refractivity contribution in [1.82, 2.24) is 14.6 Å². The Morgan fingerprint density at radius 3 is 2.53 bits per heavy atom. The van der Waals surface area contributed by atoms with Crippen LogP contribution >= 0.6 is 19.3 Å². The Morgan fingerprint density at radius 2 is 1.88 bits per heavy atom. The summed E-state index contributed by atoms with van der Waals surface area (Å²) in [5, 5.41) is 13.7. The first-order valence-electron chi connectivity index (χ1n) is 12.9. The normalized spacial score (nSPS) is 24.3. The molecule has 43 heavy (non-hydrogen) atoms. The fourth-order valence-corrected chi connectivity index (χ4v) is 5.95. The number of aliphatic hydroxyl groups is 1. The molecule has 1 aliphatic heterocycles. The fourth-order valence-electron chi connectivity index (χ4n) is 4.28. The number of aliphatic hydroxyl groups excluding tert-OH is 1. The van der Waals surface area contributed by atoms with Gasteiger partial charge in [-0.25, -0.2) is 22.5 Å². The maximum absolute atomic E-state index is 15.5. The van der Waals surface area contributed by atoms with E-state index in [2.05, 4.69) is 5.09 Å². The van der Waals surface area contributed by atoms with E-state index in [-0.39, 0.29) is 5.75 Å². The average Bonchev–Trinajstić information content (AvgIpc) is 3.19. The van der Waals surface area contributed by atoms with E-state index in [1.807, 2.05) is 0 Å². The molecule has 234 valence electrons. The van der Waals surface area contributed by atoms with E-state index in [1.165, 1.54) is 19.1 Å². The molecule has 2 heterocycles. The van der Waals surface area contributed by atoms with Crippen molar-refractivity contribution in [2.24, 2.45) is 0 Å². The van der Waals surface area contributed by atoms with E-state index >= 15 is 4.39 Å². The quantitative estimate of drug-likeness (QED) is 0.207. The lowest BCUT2D eigenvalue weighted by Gasteiger charge is -2.32. The van der Waals surface area contributed by atoms with Crippen molar-refractivity contribution in [2.75, 3.05) is 6.61 Å². The van der Waals surface area contributed by atoms with Gasteiger partial charge < -0.3 is 19.1 Å². The lowest BCUT2D eigenvalue weighted by molar-refractivity contribution is -0.183. The van der Waals surface area contributed by atoms with Crippen LogP contribution in [0.25, 0.3) is 10.8 Å². The topological polar surface area (TPSA) is 158 Å². The third-order valence-electron chi connectivity index (χ3n) is 6.43. The fraction of sp³-hybridized carbons (Fsp3) is 0.423. The Hall–Kier alpha value is -3.20. The Balaban J connectivity index is 1.66. The van der Waals surface area contributed by atoms with E-state index < -0.39 is 79.3 Å². The summed E-state index contributed by atoms with van der Waals surface area (Å²) in [5.74, 6) is -0.934. The summed E-state index contributed by atoms with van der Waals surface area (Å²) >= 11 is 5.72. The van der Waals surface area contributed by atoms with E-state index in [1.54, 1.807) is 49.2 Å². The van der Waals surface area contributed by atoms with Gasteiger partial charge in [0.2, 0.25) is 0 Å². The lowest BCUT2D eigenvalue weighted by Crippen LogP contribution is -2.51. The molecular formula is C26H28ClF3N3O9P. The molecule has 0 amide bonds. The molecule has 3 aromatic rings. The van der Waals surface area contributed by atoms with Crippen molar-refractivity contribution >= 4 is 36.1 Å². The van der Waals surface area contributed by atoms with Crippen molar-refractivity contribution in [3.63, 3.8) is 0 Å². The summed E-state index contributed by atoms with van der Waals surface area (Å²) in [6.45, 7) is 2.90. The number of aromatic nitrogens is 2. The SMILES string of the molecule is CC(C)OC(=O)C(C)NP(=O)(OCC1(C(F)F)OC(n2cc(Cl)c(=O)[nH]c2=O)C(O)C1F)Oc1ccc2ccccc2c1. The molecule has 6 unspecified atom stereocenters. The van der Waals surface area contributed by atoms with Crippen molar-refractivity contribution in [3.05, 3.63) is 74.5 Å². The molecule has 0 saturated carbocycles. The highest BCUT2D eigenvalue weighted by molar-refractivity contribution is 7.52. The first kappa shape index (κ1) is 32.7. The number of nitrogens with one attached hydrogen (secondary N) is 2. The van der Waals surface area contributed by atoms with E-state index in [9.17, 15) is 32.8 Å². The molecule has 6 atom stereocenters.